The standard InChI is InChI=1S/C15H20O4/c1-3-13(16)9-12-5-7-15(8-6-12)19-11-18-10-14(17)4-2/h5-8H,3-4,9-11H2,1-2H3. The third-order valence-electron chi connectivity index (χ3n) is 2.69. The molecule has 1 rings (SSSR count). The first-order valence-electron chi connectivity index (χ1n) is 6.48. The highest BCUT2D eigenvalue weighted by atomic mass is 16.7. The molecule has 1 aromatic carbocycles. The molecule has 4 heteroatoms. The predicted octanol–water partition coefficient (Wildman–Crippen LogP) is 2.54. The number of Topliss-reactive ketones (excluding diaryl/α,β-unsaturated/α-hetero) is 2. The van der Waals surface area contributed by atoms with Crippen LogP contribution in [0, 0.1) is 0 Å². The molecule has 0 radical (unpaired) electrons. The molecule has 0 fully saturated rings. The highest BCUT2D eigenvalue weighted by Crippen LogP contribution is 2.13. The van der Waals surface area contributed by atoms with Crippen LogP contribution in [0.3, 0.4) is 0 Å². The van der Waals surface area contributed by atoms with Crippen LogP contribution in [0.5, 0.6) is 5.75 Å². The van der Waals surface area contributed by atoms with Crippen LogP contribution >= 0.6 is 0 Å². The lowest BCUT2D eigenvalue weighted by Crippen LogP contribution is -2.11. The van der Waals surface area contributed by atoms with Crippen molar-refractivity contribution in [3.05, 3.63) is 29.8 Å². The normalized spacial score (nSPS) is 10.2. The highest BCUT2D eigenvalue weighted by molar-refractivity contribution is 5.80. The van der Waals surface area contributed by atoms with Crippen LogP contribution in [0.4, 0.5) is 0 Å². The van der Waals surface area contributed by atoms with Gasteiger partial charge in [-0.05, 0) is 17.7 Å². The molecule has 0 aliphatic rings. The van der Waals surface area contributed by atoms with Crippen molar-refractivity contribution in [2.24, 2.45) is 0 Å². The zero-order valence-corrected chi connectivity index (χ0v) is 11.5. The topological polar surface area (TPSA) is 52.6 Å². The molecule has 0 bridgehead atoms. The smallest absolute Gasteiger partial charge is 0.189 e. The molecule has 0 spiro atoms. The highest BCUT2D eigenvalue weighted by Gasteiger charge is 2.02. The first-order valence-corrected chi connectivity index (χ1v) is 6.48. The Morgan fingerprint density at radius 3 is 2.21 bits per heavy atom. The van der Waals surface area contributed by atoms with E-state index in [1.54, 1.807) is 19.1 Å². The van der Waals surface area contributed by atoms with Crippen LogP contribution < -0.4 is 4.74 Å². The van der Waals surface area contributed by atoms with Crippen LogP contribution in [0.1, 0.15) is 32.3 Å². The summed E-state index contributed by atoms with van der Waals surface area (Å²) in [5.41, 5.74) is 0.973. The fourth-order valence-electron chi connectivity index (χ4n) is 1.42. The molecule has 0 aliphatic carbocycles. The van der Waals surface area contributed by atoms with Gasteiger partial charge in [-0.3, -0.25) is 9.59 Å². The predicted molar refractivity (Wildman–Crippen MR) is 72.2 cm³/mol. The number of carbonyl (C=O) groups excluding carboxylic acids is 2. The molecule has 104 valence electrons. The number of ketones is 2. The van der Waals surface area contributed by atoms with E-state index < -0.39 is 0 Å². The summed E-state index contributed by atoms with van der Waals surface area (Å²) in [6.07, 6.45) is 1.48. The fourth-order valence-corrected chi connectivity index (χ4v) is 1.42. The summed E-state index contributed by atoms with van der Waals surface area (Å²) < 4.78 is 10.4. The first kappa shape index (κ1) is 15.4. The van der Waals surface area contributed by atoms with Crippen LogP contribution in [0.2, 0.25) is 0 Å². The van der Waals surface area contributed by atoms with E-state index in [-0.39, 0.29) is 25.0 Å². The minimum Gasteiger partial charge on any atom is -0.468 e. The lowest BCUT2D eigenvalue weighted by Gasteiger charge is -2.07. The van der Waals surface area contributed by atoms with Crippen LogP contribution in [-0.4, -0.2) is 25.0 Å². The van der Waals surface area contributed by atoms with Gasteiger partial charge in [-0.15, -0.1) is 0 Å². The molecule has 0 heterocycles. The van der Waals surface area contributed by atoms with E-state index in [4.69, 9.17) is 9.47 Å². The molecule has 0 unspecified atom stereocenters. The van der Waals surface area contributed by atoms with Crippen LogP contribution in [0.25, 0.3) is 0 Å². The summed E-state index contributed by atoms with van der Waals surface area (Å²) in [4.78, 5) is 22.3. The second-order valence-corrected chi connectivity index (χ2v) is 4.22. The Balaban J connectivity index is 2.32. The van der Waals surface area contributed by atoms with E-state index in [0.29, 0.717) is 25.0 Å². The molecule has 0 aliphatic heterocycles. The molecule has 1 aromatic rings. The van der Waals surface area contributed by atoms with E-state index in [1.165, 1.54) is 0 Å². The summed E-state index contributed by atoms with van der Waals surface area (Å²) in [6.45, 7) is 3.79. The van der Waals surface area contributed by atoms with Crippen molar-refractivity contribution in [2.45, 2.75) is 33.1 Å². The molecule has 0 atom stereocenters. The van der Waals surface area contributed by atoms with Crippen molar-refractivity contribution in [1.29, 1.82) is 0 Å². The molecule has 0 amide bonds. The average Bonchev–Trinajstić information content (AvgIpc) is 2.44. The Labute approximate surface area is 113 Å². The van der Waals surface area contributed by atoms with Gasteiger partial charge in [0.1, 0.15) is 18.1 Å². The molecule has 0 saturated carbocycles. The maximum Gasteiger partial charge on any atom is 0.189 e. The summed E-state index contributed by atoms with van der Waals surface area (Å²) in [6, 6.07) is 7.31. The molecule has 0 N–H and O–H groups in total. The van der Waals surface area contributed by atoms with Gasteiger partial charge in [0.25, 0.3) is 0 Å². The monoisotopic (exact) mass is 264 g/mol. The van der Waals surface area contributed by atoms with Crippen molar-refractivity contribution in [1.82, 2.24) is 0 Å². The van der Waals surface area contributed by atoms with E-state index in [9.17, 15) is 9.59 Å². The molecular weight excluding hydrogens is 244 g/mol. The molecule has 19 heavy (non-hydrogen) atoms. The van der Waals surface area contributed by atoms with Gasteiger partial charge in [-0.25, -0.2) is 0 Å². The first-order chi connectivity index (χ1) is 9.15. The number of rotatable bonds is 9. The summed E-state index contributed by atoms with van der Waals surface area (Å²) in [5.74, 6) is 0.934. The van der Waals surface area contributed by atoms with Crippen molar-refractivity contribution in [3.63, 3.8) is 0 Å². The van der Waals surface area contributed by atoms with Gasteiger partial charge in [0.2, 0.25) is 0 Å². The minimum absolute atomic E-state index is 0.0528. The number of hydrogen-bond acceptors (Lipinski definition) is 4. The lowest BCUT2D eigenvalue weighted by atomic mass is 10.1. The Hall–Kier alpha value is -1.68. The van der Waals surface area contributed by atoms with E-state index in [1.807, 2.05) is 19.1 Å². The Kier molecular flexibility index (Phi) is 6.82. The fraction of sp³-hybridized carbons (Fsp3) is 0.467. The molecule has 0 saturated heterocycles. The quantitative estimate of drug-likeness (QED) is 0.508. The van der Waals surface area contributed by atoms with Crippen molar-refractivity contribution in [2.75, 3.05) is 13.4 Å². The average molecular weight is 264 g/mol. The molecular formula is C15H20O4. The number of carbonyl (C=O) groups is 2. The SMILES string of the molecule is CCC(=O)COCOc1ccc(CC(=O)CC)cc1. The zero-order chi connectivity index (χ0) is 14.1. The summed E-state index contributed by atoms with van der Waals surface area (Å²) in [7, 11) is 0. The minimum atomic E-state index is 0.0528. The van der Waals surface area contributed by atoms with Gasteiger partial charge in [0, 0.05) is 19.3 Å². The van der Waals surface area contributed by atoms with Crippen LogP contribution in [0.15, 0.2) is 24.3 Å². The maximum atomic E-state index is 11.3. The van der Waals surface area contributed by atoms with Gasteiger partial charge in [0.05, 0.1) is 0 Å². The second kappa shape index (κ2) is 8.43. The molecule has 0 aromatic heterocycles. The summed E-state index contributed by atoms with van der Waals surface area (Å²) in [5, 5.41) is 0. The zero-order valence-electron chi connectivity index (χ0n) is 11.5. The van der Waals surface area contributed by atoms with E-state index in [0.717, 1.165) is 5.56 Å². The van der Waals surface area contributed by atoms with E-state index in [2.05, 4.69) is 0 Å². The Morgan fingerprint density at radius 2 is 1.63 bits per heavy atom. The maximum absolute atomic E-state index is 11.3. The third-order valence-corrected chi connectivity index (χ3v) is 2.69. The Morgan fingerprint density at radius 1 is 1.00 bits per heavy atom. The van der Waals surface area contributed by atoms with Gasteiger partial charge < -0.3 is 9.47 Å². The van der Waals surface area contributed by atoms with Gasteiger partial charge in [0.15, 0.2) is 12.6 Å². The molecule has 4 nitrogen and oxygen atoms in total. The van der Waals surface area contributed by atoms with Gasteiger partial charge >= 0.3 is 0 Å². The third kappa shape index (κ3) is 6.15. The number of ether oxygens (including phenoxy) is 2. The van der Waals surface area contributed by atoms with Gasteiger partial charge in [-0.1, -0.05) is 26.0 Å². The lowest BCUT2D eigenvalue weighted by molar-refractivity contribution is -0.125. The van der Waals surface area contributed by atoms with Crippen molar-refractivity contribution < 1.29 is 19.1 Å². The largest absolute Gasteiger partial charge is 0.468 e. The number of hydrogen-bond donors (Lipinski definition) is 0. The van der Waals surface area contributed by atoms with Gasteiger partial charge in [-0.2, -0.15) is 0 Å². The second-order valence-electron chi connectivity index (χ2n) is 4.22. The van der Waals surface area contributed by atoms with Crippen LogP contribution in [-0.2, 0) is 20.7 Å². The number of benzene rings is 1. The van der Waals surface area contributed by atoms with Crippen molar-refractivity contribution in [3.8, 4) is 5.75 Å². The van der Waals surface area contributed by atoms with E-state index >= 15 is 0 Å². The van der Waals surface area contributed by atoms with Crippen molar-refractivity contribution >= 4 is 11.6 Å². The Bertz CT molecular complexity index is 409. The summed E-state index contributed by atoms with van der Waals surface area (Å²) >= 11 is 0.